The molecule has 0 unspecified atom stereocenters. The average molecular weight is 565 g/mol. The van der Waals surface area contributed by atoms with Crippen molar-refractivity contribution in [1.29, 1.82) is 0 Å². The van der Waals surface area contributed by atoms with E-state index >= 15 is 0 Å². The second-order valence-electron chi connectivity index (χ2n) is 11.0. The molecule has 0 heterocycles. The van der Waals surface area contributed by atoms with Gasteiger partial charge in [-0.15, -0.1) is 0 Å². The molecule has 4 aliphatic carbocycles. The first-order valence-corrected chi connectivity index (χ1v) is 13.2. The lowest BCUT2D eigenvalue weighted by Gasteiger charge is -2.64. The zero-order chi connectivity index (χ0) is 26.7. The molecule has 3 fully saturated rings. The lowest BCUT2D eigenvalue weighted by molar-refractivity contribution is -0.200. The molecule has 0 aromatic rings. The van der Waals surface area contributed by atoms with Gasteiger partial charge in [-0.1, -0.05) is 41.4 Å². The molecular weight excluding hydrogens is 532 g/mol. The molecule has 7 atom stereocenters. The SMILES string of the molecule is CC(=O)OCC(=O)[C@]1(OC(C)=O)CC[C@@H]2[C@H]3CCC4=CC(=O)C=C[C@]4(C)[C@]3(Br)[C@H](OC(C)=O)C[C@]21C. The van der Waals surface area contributed by atoms with Gasteiger partial charge in [-0.05, 0) is 56.1 Å². The molecular formula is C27H33BrO8. The summed E-state index contributed by atoms with van der Waals surface area (Å²) in [6, 6.07) is 0. The summed E-state index contributed by atoms with van der Waals surface area (Å²) in [4.78, 5) is 62.0. The number of carbonyl (C=O) groups excluding carboxylic acids is 5. The number of fused-ring (bicyclic) bond motifs is 5. The first-order chi connectivity index (χ1) is 16.7. The minimum Gasteiger partial charge on any atom is -0.461 e. The minimum absolute atomic E-state index is 0.0560. The topological polar surface area (TPSA) is 113 Å². The Kier molecular flexibility index (Phi) is 6.63. The first-order valence-electron chi connectivity index (χ1n) is 12.4. The lowest BCUT2D eigenvalue weighted by atomic mass is 9.46. The smallest absolute Gasteiger partial charge is 0.303 e. The molecule has 0 bridgehead atoms. The molecule has 0 spiro atoms. The highest BCUT2D eigenvalue weighted by molar-refractivity contribution is 9.10. The third-order valence-electron chi connectivity index (χ3n) is 9.22. The standard InChI is InChI=1S/C27H33BrO8/c1-15(29)34-14-22(33)26(36-17(3)31)11-9-20-21-7-6-18-12-19(32)8-10-24(18,4)27(21,28)23(35-16(2)30)13-25(20,26)5/h8,10,12,20-21,23H,6-7,9,11,13-14H2,1-5H3/t20-,21-,23-,24+,25-,26-,27-/m1/s1. The van der Waals surface area contributed by atoms with E-state index in [1.807, 2.05) is 13.0 Å². The summed E-state index contributed by atoms with van der Waals surface area (Å²) in [6.07, 6.45) is 7.01. The molecule has 0 saturated heterocycles. The molecule has 8 nitrogen and oxygen atoms in total. The number of rotatable bonds is 5. The van der Waals surface area contributed by atoms with Crippen LogP contribution >= 0.6 is 15.9 Å². The predicted octanol–water partition coefficient (Wildman–Crippen LogP) is 3.79. The van der Waals surface area contributed by atoms with E-state index in [0.29, 0.717) is 19.3 Å². The number of allylic oxidation sites excluding steroid dienone is 4. The zero-order valence-electron chi connectivity index (χ0n) is 21.4. The van der Waals surface area contributed by atoms with Crippen LogP contribution in [0.5, 0.6) is 0 Å². The fraction of sp³-hybridized carbons (Fsp3) is 0.667. The van der Waals surface area contributed by atoms with Gasteiger partial charge in [0.25, 0.3) is 0 Å². The van der Waals surface area contributed by atoms with Crippen LogP contribution in [0.15, 0.2) is 23.8 Å². The van der Waals surface area contributed by atoms with Gasteiger partial charge >= 0.3 is 17.9 Å². The van der Waals surface area contributed by atoms with Crippen LogP contribution < -0.4 is 0 Å². The highest BCUT2D eigenvalue weighted by Gasteiger charge is 2.75. The fourth-order valence-electron chi connectivity index (χ4n) is 7.70. The van der Waals surface area contributed by atoms with Crippen molar-refractivity contribution in [3.63, 3.8) is 0 Å². The lowest BCUT2D eigenvalue weighted by Crippen LogP contribution is -2.69. The van der Waals surface area contributed by atoms with Crippen LogP contribution in [0.2, 0.25) is 0 Å². The molecule has 0 aromatic carbocycles. The number of Topliss-reactive ketones (excluding diaryl/α,β-unsaturated/α-hetero) is 1. The van der Waals surface area contributed by atoms with Crippen LogP contribution in [0.3, 0.4) is 0 Å². The second kappa shape index (κ2) is 8.92. The molecule has 0 radical (unpaired) electrons. The van der Waals surface area contributed by atoms with Crippen molar-refractivity contribution in [1.82, 2.24) is 0 Å². The number of hydrogen-bond donors (Lipinski definition) is 0. The van der Waals surface area contributed by atoms with Crippen molar-refractivity contribution >= 4 is 45.4 Å². The summed E-state index contributed by atoms with van der Waals surface area (Å²) in [5.74, 6) is -2.30. The summed E-state index contributed by atoms with van der Waals surface area (Å²) in [7, 11) is 0. The van der Waals surface area contributed by atoms with Gasteiger partial charge in [0.2, 0.25) is 5.78 Å². The maximum absolute atomic E-state index is 13.6. The van der Waals surface area contributed by atoms with Crippen molar-refractivity contribution in [2.24, 2.45) is 22.7 Å². The minimum atomic E-state index is -1.51. The molecule has 0 N–H and O–H groups in total. The summed E-state index contributed by atoms with van der Waals surface area (Å²) >= 11 is 4.08. The van der Waals surface area contributed by atoms with Crippen molar-refractivity contribution in [3.05, 3.63) is 23.8 Å². The number of hydrogen-bond acceptors (Lipinski definition) is 8. The Morgan fingerprint density at radius 3 is 2.33 bits per heavy atom. The van der Waals surface area contributed by atoms with Gasteiger partial charge in [0.1, 0.15) is 6.10 Å². The van der Waals surface area contributed by atoms with Crippen LogP contribution in [0.4, 0.5) is 0 Å². The summed E-state index contributed by atoms with van der Waals surface area (Å²) in [6.45, 7) is 7.32. The van der Waals surface area contributed by atoms with Crippen molar-refractivity contribution in [2.75, 3.05) is 6.61 Å². The Balaban J connectivity index is 1.85. The number of carbonyl (C=O) groups is 5. The van der Waals surface area contributed by atoms with Crippen molar-refractivity contribution in [2.45, 2.75) is 82.8 Å². The third kappa shape index (κ3) is 3.72. The normalized spacial score (nSPS) is 40.8. The van der Waals surface area contributed by atoms with Crippen LogP contribution in [-0.2, 0) is 38.2 Å². The summed E-state index contributed by atoms with van der Waals surface area (Å²) in [5.41, 5.74) is -2.00. The number of esters is 3. The molecule has 4 rings (SSSR count). The Labute approximate surface area is 219 Å². The fourth-order valence-corrected chi connectivity index (χ4v) is 8.89. The molecule has 36 heavy (non-hydrogen) atoms. The van der Waals surface area contributed by atoms with E-state index in [4.69, 9.17) is 14.2 Å². The molecule has 0 aliphatic heterocycles. The zero-order valence-corrected chi connectivity index (χ0v) is 22.9. The van der Waals surface area contributed by atoms with Crippen molar-refractivity contribution in [3.8, 4) is 0 Å². The van der Waals surface area contributed by atoms with Gasteiger partial charge in [-0.25, -0.2) is 0 Å². The van der Waals surface area contributed by atoms with E-state index in [0.717, 1.165) is 5.57 Å². The molecule has 0 aromatic heterocycles. The van der Waals surface area contributed by atoms with Gasteiger partial charge in [0, 0.05) is 31.6 Å². The van der Waals surface area contributed by atoms with Gasteiger partial charge in [-0.2, -0.15) is 0 Å². The maximum atomic E-state index is 13.6. The van der Waals surface area contributed by atoms with Crippen molar-refractivity contribution < 1.29 is 38.2 Å². The molecule has 196 valence electrons. The second-order valence-corrected chi connectivity index (χ2v) is 12.3. The Bertz CT molecular complexity index is 1090. The van der Waals surface area contributed by atoms with Gasteiger partial charge in [0.15, 0.2) is 18.0 Å². The summed E-state index contributed by atoms with van der Waals surface area (Å²) < 4.78 is 16.2. The Hall–Kier alpha value is -2.29. The molecule has 3 saturated carbocycles. The number of ketones is 2. The van der Waals surface area contributed by atoms with E-state index in [1.54, 1.807) is 12.2 Å². The quantitative estimate of drug-likeness (QED) is 0.281. The number of ether oxygens (including phenoxy) is 3. The Morgan fingerprint density at radius 2 is 1.72 bits per heavy atom. The monoisotopic (exact) mass is 564 g/mol. The predicted molar refractivity (Wildman–Crippen MR) is 132 cm³/mol. The Morgan fingerprint density at radius 1 is 1.03 bits per heavy atom. The third-order valence-corrected chi connectivity index (χ3v) is 11.1. The van der Waals surface area contributed by atoms with Crippen LogP contribution in [0.1, 0.15) is 66.7 Å². The van der Waals surface area contributed by atoms with E-state index in [1.165, 1.54) is 20.8 Å². The first kappa shape index (κ1) is 26.8. The van der Waals surface area contributed by atoms with Gasteiger partial charge < -0.3 is 14.2 Å². The van der Waals surface area contributed by atoms with Crippen LogP contribution in [-0.4, -0.2) is 52.1 Å². The van der Waals surface area contributed by atoms with E-state index in [2.05, 4.69) is 22.9 Å². The largest absolute Gasteiger partial charge is 0.461 e. The number of alkyl halides is 1. The van der Waals surface area contributed by atoms with Crippen LogP contribution in [0, 0.1) is 22.7 Å². The van der Waals surface area contributed by atoms with Crippen LogP contribution in [0.25, 0.3) is 0 Å². The maximum Gasteiger partial charge on any atom is 0.303 e. The van der Waals surface area contributed by atoms with Gasteiger partial charge in [0.05, 0.1) is 4.32 Å². The highest BCUT2D eigenvalue weighted by Crippen LogP contribution is 2.72. The molecule has 0 amide bonds. The van der Waals surface area contributed by atoms with E-state index in [9.17, 15) is 24.0 Å². The van der Waals surface area contributed by atoms with E-state index < -0.39 is 57.2 Å². The summed E-state index contributed by atoms with van der Waals surface area (Å²) in [5, 5.41) is 0. The molecule has 4 aliphatic rings. The number of halogens is 1. The molecule has 9 heteroatoms. The van der Waals surface area contributed by atoms with Gasteiger partial charge in [-0.3, -0.25) is 24.0 Å². The average Bonchev–Trinajstić information content (AvgIpc) is 3.05. The highest BCUT2D eigenvalue weighted by atomic mass is 79.9. The van der Waals surface area contributed by atoms with E-state index in [-0.39, 0.29) is 30.5 Å².